The van der Waals surface area contributed by atoms with Crippen molar-refractivity contribution in [1.29, 1.82) is 0 Å². The molecular formula is C17H17N5O2S2. The van der Waals surface area contributed by atoms with E-state index in [-0.39, 0.29) is 28.6 Å². The molecule has 0 saturated heterocycles. The summed E-state index contributed by atoms with van der Waals surface area (Å²) in [5.41, 5.74) is 0.783. The summed E-state index contributed by atoms with van der Waals surface area (Å²) in [6.07, 6.45) is 0. The summed E-state index contributed by atoms with van der Waals surface area (Å²) < 4.78 is 0.911. The largest absolute Gasteiger partial charge is 0.344 e. The van der Waals surface area contributed by atoms with Crippen LogP contribution in [0.25, 0.3) is 0 Å². The number of thioether (sulfide) groups is 1. The number of aryl methyl sites for hydroxylation is 1. The Kier molecular flexibility index (Phi) is 5.69. The van der Waals surface area contributed by atoms with Crippen molar-refractivity contribution in [3.63, 3.8) is 0 Å². The number of nitrogens with zero attached hydrogens (tertiary/aromatic N) is 3. The third-order valence-corrected chi connectivity index (χ3v) is 5.50. The molecule has 0 aliphatic rings. The zero-order valence-corrected chi connectivity index (χ0v) is 15.6. The summed E-state index contributed by atoms with van der Waals surface area (Å²) in [4.78, 5) is 25.3. The molecule has 0 bridgehead atoms. The maximum Gasteiger partial charge on any atom is 0.294 e. The minimum Gasteiger partial charge on any atom is -0.344 e. The van der Waals surface area contributed by atoms with Crippen molar-refractivity contribution in [2.75, 3.05) is 11.6 Å². The molecule has 1 aromatic carbocycles. The highest BCUT2D eigenvalue weighted by molar-refractivity contribution is 7.99. The van der Waals surface area contributed by atoms with Gasteiger partial charge in [-0.25, -0.2) is 0 Å². The molecule has 134 valence electrons. The number of aromatic nitrogens is 3. The first kappa shape index (κ1) is 18.2. The molecule has 0 radical (unpaired) electrons. The summed E-state index contributed by atoms with van der Waals surface area (Å²) in [5.74, 6) is 5.57. The molecule has 0 aliphatic heterocycles. The van der Waals surface area contributed by atoms with E-state index in [1.54, 1.807) is 11.3 Å². The van der Waals surface area contributed by atoms with Gasteiger partial charge in [0.15, 0.2) is 0 Å². The Bertz CT molecular complexity index is 942. The SMILES string of the molecule is Cc1nnc(SCC(=O)N[C@@H](c2ccccc2)c2cccs2)n(N)c1=O. The number of carbonyl (C=O) groups excluding carboxylic acids is 1. The van der Waals surface area contributed by atoms with Crippen LogP contribution in [-0.2, 0) is 4.79 Å². The molecule has 1 amide bonds. The highest BCUT2D eigenvalue weighted by atomic mass is 32.2. The molecule has 3 rings (SSSR count). The van der Waals surface area contributed by atoms with E-state index in [2.05, 4.69) is 15.5 Å². The summed E-state index contributed by atoms with van der Waals surface area (Å²) in [5, 5.41) is 12.8. The first-order chi connectivity index (χ1) is 12.6. The number of hydrogen-bond acceptors (Lipinski definition) is 7. The zero-order valence-electron chi connectivity index (χ0n) is 14.0. The highest BCUT2D eigenvalue weighted by Gasteiger charge is 2.18. The number of hydrogen-bond donors (Lipinski definition) is 2. The lowest BCUT2D eigenvalue weighted by molar-refractivity contribution is -0.119. The van der Waals surface area contributed by atoms with E-state index < -0.39 is 5.56 Å². The molecule has 9 heteroatoms. The van der Waals surface area contributed by atoms with E-state index in [1.165, 1.54) is 6.92 Å². The van der Waals surface area contributed by atoms with Crippen LogP contribution in [0.4, 0.5) is 0 Å². The van der Waals surface area contributed by atoms with E-state index in [0.29, 0.717) is 0 Å². The number of carbonyl (C=O) groups is 1. The lowest BCUT2D eigenvalue weighted by atomic mass is 10.1. The molecule has 2 heterocycles. The lowest BCUT2D eigenvalue weighted by Crippen LogP contribution is -2.33. The first-order valence-electron chi connectivity index (χ1n) is 7.78. The topological polar surface area (TPSA) is 103 Å². The van der Waals surface area contributed by atoms with Gasteiger partial charge in [-0.3, -0.25) is 9.59 Å². The predicted molar refractivity (Wildman–Crippen MR) is 103 cm³/mol. The van der Waals surface area contributed by atoms with E-state index in [0.717, 1.165) is 26.9 Å². The Morgan fingerprint density at radius 2 is 2.04 bits per heavy atom. The Hall–Kier alpha value is -2.65. The second kappa shape index (κ2) is 8.15. The van der Waals surface area contributed by atoms with E-state index in [9.17, 15) is 9.59 Å². The number of benzene rings is 1. The van der Waals surface area contributed by atoms with E-state index in [4.69, 9.17) is 5.84 Å². The van der Waals surface area contributed by atoms with Crippen LogP contribution in [0.5, 0.6) is 0 Å². The zero-order chi connectivity index (χ0) is 18.5. The van der Waals surface area contributed by atoms with Gasteiger partial charge in [-0.15, -0.1) is 21.5 Å². The molecule has 2 aromatic heterocycles. The number of amides is 1. The minimum atomic E-state index is -0.427. The highest BCUT2D eigenvalue weighted by Crippen LogP contribution is 2.26. The molecule has 0 spiro atoms. The van der Waals surface area contributed by atoms with Crippen molar-refractivity contribution in [2.24, 2.45) is 0 Å². The summed E-state index contributed by atoms with van der Waals surface area (Å²) in [7, 11) is 0. The van der Waals surface area contributed by atoms with Gasteiger partial charge in [0.2, 0.25) is 11.1 Å². The quantitative estimate of drug-likeness (QED) is 0.493. The summed E-state index contributed by atoms with van der Waals surface area (Å²) in [6.45, 7) is 1.53. The van der Waals surface area contributed by atoms with Gasteiger partial charge < -0.3 is 11.2 Å². The van der Waals surface area contributed by atoms with Crippen LogP contribution in [-0.4, -0.2) is 26.5 Å². The molecule has 26 heavy (non-hydrogen) atoms. The van der Waals surface area contributed by atoms with Crippen LogP contribution in [0.1, 0.15) is 22.2 Å². The third kappa shape index (κ3) is 4.12. The van der Waals surface area contributed by atoms with Crippen LogP contribution in [0.2, 0.25) is 0 Å². The molecular weight excluding hydrogens is 370 g/mol. The van der Waals surface area contributed by atoms with Crippen LogP contribution < -0.4 is 16.7 Å². The fraction of sp³-hybridized carbons (Fsp3) is 0.176. The van der Waals surface area contributed by atoms with Gasteiger partial charge in [-0.05, 0) is 23.9 Å². The fourth-order valence-electron chi connectivity index (χ4n) is 2.32. The number of nitrogens with two attached hydrogens (primary N) is 1. The Balaban J connectivity index is 1.71. The monoisotopic (exact) mass is 387 g/mol. The Morgan fingerprint density at radius 1 is 1.27 bits per heavy atom. The van der Waals surface area contributed by atoms with Gasteiger partial charge in [-0.2, -0.15) is 4.68 Å². The van der Waals surface area contributed by atoms with Crippen molar-refractivity contribution in [3.8, 4) is 0 Å². The van der Waals surface area contributed by atoms with Gasteiger partial charge in [0, 0.05) is 4.88 Å². The van der Waals surface area contributed by atoms with Crippen LogP contribution in [0, 0.1) is 6.92 Å². The average Bonchev–Trinajstić information content (AvgIpc) is 3.19. The molecule has 3 N–H and O–H groups in total. The molecule has 1 atom stereocenters. The Morgan fingerprint density at radius 3 is 2.73 bits per heavy atom. The predicted octanol–water partition coefficient (Wildman–Crippen LogP) is 1.72. The van der Waals surface area contributed by atoms with Crippen LogP contribution in [0.15, 0.2) is 57.8 Å². The van der Waals surface area contributed by atoms with Gasteiger partial charge in [0.1, 0.15) is 5.69 Å². The van der Waals surface area contributed by atoms with Crippen molar-refractivity contribution < 1.29 is 4.79 Å². The summed E-state index contributed by atoms with van der Waals surface area (Å²) >= 11 is 2.65. The number of thiophene rings is 1. The molecule has 3 aromatic rings. The standard InChI is InChI=1S/C17H17N5O2S2/c1-11-16(24)22(18)17(21-20-11)26-10-14(23)19-15(13-8-5-9-25-13)12-6-3-2-4-7-12/h2-9,15H,10,18H2,1H3,(H,19,23)/t15-/m0/s1. The molecule has 0 aliphatic carbocycles. The van der Waals surface area contributed by atoms with Crippen molar-refractivity contribution in [1.82, 2.24) is 20.2 Å². The minimum absolute atomic E-state index is 0.0725. The van der Waals surface area contributed by atoms with E-state index >= 15 is 0 Å². The molecule has 0 unspecified atom stereocenters. The third-order valence-electron chi connectivity index (χ3n) is 3.62. The average molecular weight is 387 g/mol. The van der Waals surface area contributed by atoms with Gasteiger partial charge in [0.25, 0.3) is 5.56 Å². The lowest BCUT2D eigenvalue weighted by Gasteiger charge is -2.18. The smallest absolute Gasteiger partial charge is 0.294 e. The number of nitrogen functional groups attached to an aromatic ring is 1. The van der Waals surface area contributed by atoms with Crippen LogP contribution in [0.3, 0.4) is 0 Å². The van der Waals surface area contributed by atoms with Gasteiger partial charge >= 0.3 is 0 Å². The van der Waals surface area contributed by atoms with Gasteiger partial charge in [0.05, 0.1) is 11.8 Å². The maximum absolute atomic E-state index is 12.5. The summed E-state index contributed by atoms with van der Waals surface area (Å²) in [6, 6.07) is 13.5. The van der Waals surface area contributed by atoms with Crippen LogP contribution >= 0.6 is 23.1 Å². The van der Waals surface area contributed by atoms with Crippen molar-refractivity contribution in [3.05, 3.63) is 74.3 Å². The van der Waals surface area contributed by atoms with Gasteiger partial charge in [-0.1, -0.05) is 48.2 Å². The molecule has 7 nitrogen and oxygen atoms in total. The fourth-order valence-corrected chi connectivity index (χ4v) is 3.79. The Labute approximate surface area is 158 Å². The van der Waals surface area contributed by atoms with Crippen molar-refractivity contribution in [2.45, 2.75) is 18.1 Å². The molecule has 0 saturated carbocycles. The van der Waals surface area contributed by atoms with Crippen molar-refractivity contribution >= 4 is 29.0 Å². The first-order valence-corrected chi connectivity index (χ1v) is 9.64. The second-order valence-corrected chi connectivity index (χ2v) is 7.38. The number of nitrogens with one attached hydrogen (secondary N) is 1. The van der Waals surface area contributed by atoms with E-state index in [1.807, 2.05) is 47.8 Å². The normalized spacial score (nSPS) is 11.9. The second-order valence-electron chi connectivity index (χ2n) is 5.46. The molecule has 0 fully saturated rings. The maximum atomic E-state index is 12.5. The number of rotatable bonds is 6.